The lowest BCUT2D eigenvalue weighted by molar-refractivity contribution is 0.385. The maximum atomic E-state index is 13.7. The zero-order chi connectivity index (χ0) is 18.4. The molecule has 5 heteroatoms. The second-order valence-electron chi connectivity index (χ2n) is 6.80. The van der Waals surface area contributed by atoms with E-state index < -0.39 is 10.0 Å². The lowest BCUT2D eigenvalue weighted by Crippen LogP contribution is -2.11. The maximum absolute atomic E-state index is 13.7. The van der Waals surface area contributed by atoms with Crippen molar-refractivity contribution in [1.29, 1.82) is 0 Å². The van der Waals surface area contributed by atoms with Crippen molar-refractivity contribution in [3.05, 3.63) is 53.8 Å². The molecule has 2 aromatic carbocycles. The molecule has 0 unspecified atom stereocenters. The van der Waals surface area contributed by atoms with Gasteiger partial charge in [-0.2, -0.15) is 0 Å². The van der Waals surface area contributed by atoms with Crippen LogP contribution in [0, 0.1) is 18.7 Å². The average molecular weight is 363 g/mol. The Hall–Kier alpha value is -1.72. The highest BCUT2D eigenvalue weighted by Gasteiger charge is 2.09. The fourth-order valence-corrected chi connectivity index (χ4v) is 3.50. The van der Waals surface area contributed by atoms with Crippen LogP contribution in [0.25, 0.3) is 11.1 Å². The van der Waals surface area contributed by atoms with E-state index >= 15 is 0 Å². The minimum atomic E-state index is -3.71. The Morgan fingerprint density at radius 2 is 1.60 bits per heavy atom. The summed E-state index contributed by atoms with van der Waals surface area (Å²) in [6.07, 6.45) is 7.44. The Kier molecular flexibility index (Phi) is 6.73. The number of benzene rings is 2. The van der Waals surface area contributed by atoms with Gasteiger partial charge >= 0.3 is 0 Å². The van der Waals surface area contributed by atoms with E-state index in [-0.39, 0.29) is 10.7 Å². The van der Waals surface area contributed by atoms with Crippen LogP contribution in [0.4, 0.5) is 4.39 Å². The Bertz CT molecular complexity index is 795. The highest BCUT2D eigenvalue weighted by molar-refractivity contribution is 7.89. The van der Waals surface area contributed by atoms with Gasteiger partial charge in [-0.25, -0.2) is 17.9 Å². The predicted molar refractivity (Wildman–Crippen MR) is 100 cm³/mol. The first-order valence-corrected chi connectivity index (χ1v) is 10.2. The van der Waals surface area contributed by atoms with Crippen LogP contribution in [0.5, 0.6) is 0 Å². The standard InChI is InChI=1S/C13H12FNO2S.C7H14/c1-9-2-7-12(13(14)8-9)10-3-5-11(6-4-10)18(15,16)17;1-7-5-3-2-4-6-7/h2-8H,1H3,(H2,15,16,17);7H,2-6H2,1H3. The van der Waals surface area contributed by atoms with Crippen molar-refractivity contribution < 1.29 is 12.8 Å². The molecule has 0 saturated heterocycles. The molecule has 1 aliphatic carbocycles. The number of primary sulfonamides is 1. The molecular formula is C20H26FNO2S. The molecule has 0 radical (unpaired) electrons. The van der Waals surface area contributed by atoms with E-state index in [2.05, 4.69) is 6.92 Å². The number of hydrogen-bond donors (Lipinski definition) is 1. The first-order valence-electron chi connectivity index (χ1n) is 8.67. The van der Waals surface area contributed by atoms with Crippen LogP contribution in [0.15, 0.2) is 47.4 Å². The minimum Gasteiger partial charge on any atom is -0.225 e. The number of aryl methyl sites for hydroxylation is 1. The molecule has 1 fully saturated rings. The molecule has 0 atom stereocenters. The molecule has 1 aliphatic rings. The third-order valence-electron chi connectivity index (χ3n) is 4.51. The molecule has 0 aliphatic heterocycles. The van der Waals surface area contributed by atoms with E-state index in [0.29, 0.717) is 11.1 Å². The van der Waals surface area contributed by atoms with Gasteiger partial charge in [-0.15, -0.1) is 0 Å². The molecule has 0 heterocycles. The Morgan fingerprint density at radius 3 is 2.04 bits per heavy atom. The van der Waals surface area contributed by atoms with Crippen molar-refractivity contribution in [3.8, 4) is 11.1 Å². The van der Waals surface area contributed by atoms with Crippen LogP contribution in [0.2, 0.25) is 0 Å². The van der Waals surface area contributed by atoms with Crippen LogP contribution < -0.4 is 5.14 Å². The molecule has 136 valence electrons. The van der Waals surface area contributed by atoms with Crippen molar-refractivity contribution in [1.82, 2.24) is 0 Å². The number of rotatable bonds is 2. The first kappa shape index (κ1) is 19.6. The molecule has 0 bridgehead atoms. The van der Waals surface area contributed by atoms with Gasteiger partial charge in [-0.05, 0) is 42.2 Å². The van der Waals surface area contributed by atoms with E-state index in [1.807, 2.05) is 0 Å². The van der Waals surface area contributed by atoms with Gasteiger partial charge in [-0.1, -0.05) is 63.3 Å². The van der Waals surface area contributed by atoms with Gasteiger partial charge in [0.05, 0.1) is 4.90 Å². The van der Waals surface area contributed by atoms with Gasteiger partial charge in [0.1, 0.15) is 5.82 Å². The topological polar surface area (TPSA) is 60.2 Å². The van der Waals surface area contributed by atoms with Crippen LogP contribution in [-0.2, 0) is 10.0 Å². The Labute approximate surface area is 150 Å². The fourth-order valence-electron chi connectivity index (χ4n) is 2.99. The number of halogens is 1. The molecule has 2 aromatic rings. The van der Waals surface area contributed by atoms with Crippen LogP contribution in [-0.4, -0.2) is 8.42 Å². The summed E-state index contributed by atoms with van der Waals surface area (Å²) in [5, 5.41) is 4.99. The van der Waals surface area contributed by atoms with Gasteiger partial charge in [0.2, 0.25) is 10.0 Å². The number of hydrogen-bond acceptors (Lipinski definition) is 2. The summed E-state index contributed by atoms with van der Waals surface area (Å²) in [6, 6.07) is 10.7. The second kappa shape index (κ2) is 8.59. The Morgan fingerprint density at radius 1 is 1.00 bits per heavy atom. The third kappa shape index (κ3) is 5.94. The van der Waals surface area contributed by atoms with Crippen molar-refractivity contribution in [2.75, 3.05) is 0 Å². The summed E-state index contributed by atoms with van der Waals surface area (Å²) >= 11 is 0. The summed E-state index contributed by atoms with van der Waals surface area (Å²) < 4.78 is 35.9. The van der Waals surface area contributed by atoms with Crippen molar-refractivity contribution in [2.45, 2.75) is 50.8 Å². The van der Waals surface area contributed by atoms with Crippen LogP contribution in [0.1, 0.15) is 44.6 Å². The van der Waals surface area contributed by atoms with Gasteiger partial charge in [0.25, 0.3) is 0 Å². The summed E-state index contributed by atoms with van der Waals surface area (Å²) in [7, 11) is -3.71. The van der Waals surface area contributed by atoms with Crippen molar-refractivity contribution in [3.63, 3.8) is 0 Å². The lowest BCUT2D eigenvalue weighted by atomic mass is 9.91. The summed E-state index contributed by atoms with van der Waals surface area (Å²) in [6.45, 7) is 4.16. The Balaban J connectivity index is 0.000000269. The maximum Gasteiger partial charge on any atom is 0.238 e. The van der Waals surface area contributed by atoms with Gasteiger partial charge < -0.3 is 0 Å². The molecule has 3 nitrogen and oxygen atoms in total. The molecule has 0 spiro atoms. The lowest BCUT2D eigenvalue weighted by Gasteiger charge is -2.15. The zero-order valence-corrected chi connectivity index (χ0v) is 15.7. The smallest absolute Gasteiger partial charge is 0.225 e. The van der Waals surface area contributed by atoms with E-state index in [9.17, 15) is 12.8 Å². The van der Waals surface area contributed by atoms with E-state index in [1.54, 1.807) is 19.1 Å². The van der Waals surface area contributed by atoms with Crippen molar-refractivity contribution in [2.24, 2.45) is 11.1 Å². The number of sulfonamides is 1. The third-order valence-corrected chi connectivity index (χ3v) is 5.44. The molecule has 0 aromatic heterocycles. The molecule has 25 heavy (non-hydrogen) atoms. The first-order chi connectivity index (χ1) is 11.8. The molecule has 1 saturated carbocycles. The summed E-state index contributed by atoms with van der Waals surface area (Å²) in [5.74, 6) is 0.701. The average Bonchev–Trinajstić information content (AvgIpc) is 2.55. The highest BCUT2D eigenvalue weighted by atomic mass is 32.2. The second-order valence-corrected chi connectivity index (χ2v) is 8.36. The monoisotopic (exact) mass is 363 g/mol. The van der Waals surface area contributed by atoms with E-state index in [1.165, 1.54) is 62.4 Å². The van der Waals surface area contributed by atoms with E-state index in [0.717, 1.165) is 11.5 Å². The molecular weight excluding hydrogens is 337 g/mol. The predicted octanol–water partition coefficient (Wildman–Crippen LogP) is 5.04. The van der Waals surface area contributed by atoms with Gasteiger partial charge in [0, 0.05) is 5.56 Å². The van der Waals surface area contributed by atoms with E-state index in [4.69, 9.17) is 5.14 Å². The normalized spacial score (nSPS) is 15.4. The molecule has 0 amide bonds. The highest BCUT2D eigenvalue weighted by Crippen LogP contribution is 2.24. The van der Waals surface area contributed by atoms with Crippen molar-refractivity contribution >= 4 is 10.0 Å². The van der Waals surface area contributed by atoms with Crippen LogP contribution in [0.3, 0.4) is 0 Å². The minimum absolute atomic E-state index is 0.0127. The van der Waals surface area contributed by atoms with Crippen LogP contribution >= 0.6 is 0 Å². The largest absolute Gasteiger partial charge is 0.238 e. The zero-order valence-electron chi connectivity index (χ0n) is 14.8. The molecule has 3 rings (SSSR count). The fraction of sp³-hybridized carbons (Fsp3) is 0.400. The van der Waals surface area contributed by atoms with Gasteiger partial charge in [-0.3, -0.25) is 0 Å². The molecule has 2 N–H and O–H groups in total. The summed E-state index contributed by atoms with van der Waals surface area (Å²) in [4.78, 5) is 0.0127. The quantitative estimate of drug-likeness (QED) is 0.813. The summed E-state index contributed by atoms with van der Waals surface area (Å²) in [5.41, 5.74) is 1.87. The SMILES string of the molecule is CC1CCCCC1.Cc1ccc(-c2ccc(S(N)(=O)=O)cc2)c(F)c1. The van der Waals surface area contributed by atoms with Gasteiger partial charge in [0.15, 0.2) is 0 Å². The number of nitrogens with two attached hydrogens (primary N) is 1.